The minimum atomic E-state index is -4.16. The molecular weight excluding hydrogens is 206 g/mol. The van der Waals surface area contributed by atoms with Gasteiger partial charge >= 0.3 is 10.4 Å². The van der Waals surface area contributed by atoms with Crippen LogP contribution < -0.4 is 5.73 Å². The summed E-state index contributed by atoms with van der Waals surface area (Å²) in [5, 5.41) is 0. The van der Waals surface area contributed by atoms with E-state index in [2.05, 4.69) is 4.18 Å². The van der Waals surface area contributed by atoms with Crippen molar-refractivity contribution in [1.82, 2.24) is 0 Å². The van der Waals surface area contributed by atoms with Crippen molar-refractivity contribution in [2.45, 2.75) is 6.92 Å². The molecule has 0 heterocycles. The van der Waals surface area contributed by atoms with Crippen molar-refractivity contribution in [2.75, 3.05) is 12.8 Å². The van der Waals surface area contributed by atoms with Crippen LogP contribution in [0.1, 0.15) is 5.56 Å². The molecule has 0 saturated carbocycles. The molecule has 0 radical (unpaired) electrons. The van der Waals surface area contributed by atoms with Gasteiger partial charge in [0, 0.05) is 5.69 Å². The molecule has 0 aliphatic rings. The molecule has 0 fully saturated rings. The Morgan fingerprint density at radius 3 is 2.14 bits per heavy atom. The smallest absolute Gasteiger partial charge is 0.397 e. The molecule has 0 saturated heterocycles. The van der Waals surface area contributed by atoms with Crippen molar-refractivity contribution in [3.05, 3.63) is 29.8 Å². The number of nitrogens with two attached hydrogens (primary N) is 1. The van der Waals surface area contributed by atoms with Gasteiger partial charge in [-0.15, -0.1) is 0 Å². The summed E-state index contributed by atoms with van der Waals surface area (Å²) in [5.74, 6) is 0. The molecule has 0 aliphatic heterocycles. The van der Waals surface area contributed by atoms with Crippen LogP contribution >= 0.6 is 0 Å². The average molecular weight is 219 g/mol. The van der Waals surface area contributed by atoms with Crippen LogP contribution in [0.4, 0.5) is 5.69 Å². The lowest BCUT2D eigenvalue weighted by Crippen LogP contribution is -1.96. The van der Waals surface area contributed by atoms with Crippen LogP contribution in [0.25, 0.3) is 0 Å². The van der Waals surface area contributed by atoms with Crippen molar-refractivity contribution in [3.8, 4) is 0 Å². The van der Waals surface area contributed by atoms with Crippen LogP contribution in [0.3, 0.4) is 0 Å². The monoisotopic (exact) mass is 219 g/mol. The van der Waals surface area contributed by atoms with Gasteiger partial charge in [-0.25, -0.2) is 0 Å². The van der Waals surface area contributed by atoms with Gasteiger partial charge in [0.1, 0.15) is 0 Å². The van der Waals surface area contributed by atoms with Crippen molar-refractivity contribution in [1.29, 1.82) is 0 Å². The Kier molecular flexibility index (Phi) is 5.14. The predicted molar refractivity (Wildman–Crippen MR) is 54.1 cm³/mol. The minimum absolute atomic E-state index is 0.838. The first-order valence-corrected chi connectivity index (χ1v) is 5.07. The molecule has 80 valence electrons. The highest BCUT2D eigenvalue weighted by Crippen LogP contribution is 2.03. The van der Waals surface area contributed by atoms with E-state index in [4.69, 9.17) is 10.3 Å². The van der Waals surface area contributed by atoms with E-state index in [-0.39, 0.29) is 0 Å². The molecule has 1 rings (SSSR count). The van der Waals surface area contributed by atoms with Crippen LogP contribution in [0, 0.1) is 6.92 Å². The quantitative estimate of drug-likeness (QED) is 0.543. The van der Waals surface area contributed by atoms with Gasteiger partial charge in [0.25, 0.3) is 0 Å². The van der Waals surface area contributed by atoms with Crippen LogP contribution in [-0.4, -0.2) is 20.1 Å². The van der Waals surface area contributed by atoms with E-state index in [0.717, 1.165) is 12.8 Å². The number of aryl methyl sites for hydroxylation is 1. The Hall–Kier alpha value is -1.11. The van der Waals surface area contributed by atoms with Gasteiger partial charge < -0.3 is 5.73 Å². The summed E-state index contributed by atoms with van der Waals surface area (Å²) in [7, 11) is -3.29. The Morgan fingerprint density at radius 1 is 1.43 bits per heavy atom. The molecular formula is C8H13NO4S. The second-order valence-electron chi connectivity index (χ2n) is 2.51. The molecule has 0 bridgehead atoms. The lowest BCUT2D eigenvalue weighted by molar-refractivity contribution is 0.324. The second-order valence-corrected chi connectivity index (χ2v) is 3.70. The van der Waals surface area contributed by atoms with Crippen LogP contribution in [0.2, 0.25) is 0 Å². The fraction of sp³-hybridized carbons (Fsp3) is 0.250. The first-order valence-electron chi connectivity index (χ1n) is 3.70. The lowest BCUT2D eigenvalue weighted by Gasteiger charge is -1.91. The standard InChI is InChI=1S/C7H9N.CH4O4S/c1-6-3-2-4-7(8)5-6;1-5-6(2,3)4/h2-5H,8H2,1H3;1H3,(H,2,3,4). The number of benzene rings is 1. The average Bonchev–Trinajstić information content (AvgIpc) is 2.03. The van der Waals surface area contributed by atoms with E-state index in [1.165, 1.54) is 5.56 Å². The zero-order valence-corrected chi connectivity index (χ0v) is 8.78. The third-order valence-corrected chi connectivity index (χ3v) is 1.67. The van der Waals surface area contributed by atoms with Gasteiger partial charge in [-0.05, 0) is 24.6 Å². The normalized spacial score (nSPS) is 10.2. The third kappa shape index (κ3) is 7.53. The SMILES string of the molecule is COS(=O)(=O)O.Cc1cccc(N)c1. The highest BCUT2D eigenvalue weighted by Gasteiger charge is 1.94. The Bertz CT molecular complexity index is 357. The molecule has 0 atom stereocenters. The highest BCUT2D eigenvalue weighted by atomic mass is 32.3. The maximum absolute atomic E-state index is 9.33. The first-order chi connectivity index (χ1) is 6.35. The fourth-order valence-corrected chi connectivity index (χ4v) is 0.670. The molecule has 0 aromatic heterocycles. The van der Waals surface area contributed by atoms with Crippen LogP contribution in [-0.2, 0) is 14.6 Å². The van der Waals surface area contributed by atoms with Gasteiger partial charge in [-0.1, -0.05) is 12.1 Å². The molecule has 0 spiro atoms. The maximum atomic E-state index is 9.33. The van der Waals surface area contributed by atoms with E-state index in [1.54, 1.807) is 0 Å². The molecule has 0 amide bonds. The summed E-state index contributed by atoms with van der Waals surface area (Å²) in [5.41, 5.74) is 7.51. The Labute approximate surface area is 83.5 Å². The topological polar surface area (TPSA) is 89.6 Å². The molecule has 1 aromatic carbocycles. The van der Waals surface area contributed by atoms with Crippen molar-refractivity contribution in [2.24, 2.45) is 0 Å². The van der Waals surface area contributed by atoms with Crippen LogP contribution in [0.15, 0.2) is 24.3 Å². The first kappa shape index (κ1) is 12.9. The molecule has 5 nitrogen and oxygen atoms in total. The fourth-order valence-electron chi connectivity index (χ4n) is 0.670. The largest absolute Gasteiger partial charge is 0.399 e. The Balaban J connectivity index is 0.000000255. The van der Waals surface area contributed by atoms with Gasteiger partial charge in [0.2, 0.25) is 0 Å². The number of hydrogen-bond donors (Lipinski definition) is 2. The number of anilines is 1. The van der Waals surface area contributed by atoms with Gasteiger partial charge in [-0.2, -0.15) is 8.42 Å². The van der Waals surface area contributed by atoms with E-state index in [9.17, 15) is 8.42 Å². The molecule has 0 aliphatic carbocycles. The summed E-state index contributed by atoms with van der Waals surface area (Å²) in [4.78, 5) is 0. The number of nitrogen functional groups attached to an aromatic ring is 1. The minimum Gasteiger partial charge on any atom is -0.399 e. The summed E-state index contributed by atoms with van der Waals surface area (Å²) < 4.78 is 29.7. The van der Waals surface area contributed by atoms with Crippen molar-refractivity contribution < 1.29 is 17.2 Å². The summed E-state index contributed by atoms with van der Waals surface area (Å²) >= 11 is 0. The van der Waals surface area contributed by atoms with Crippen LogP contribution in [0.5, 0.6) is 0 Å². The Morgan fingerprint density at radius 2 is 1.93 bits per heavy atom. The molecule has 6 heteroatoms. The van der Waals surface area contributed by atoms with Gasteiger partial charge in [0.15, 0.2) is 0 Å². The molecule has 0 unspecified atom stereocenters. The summed E-state index contributed by atoms with van der Waals surface area (Å²) in [6.07, 6.45) is 0. The van der Waals surface area contributed by atoms with Crippen molar-refractivity contribution >= 4 is 16.1 Å². The van der Waals surface area contributed by atoms with E-state index in [0.29, 0.717) is 0 Å². The lowest BCUT2D eigenvalue weighted by atomic mass is 10.2. The summed E-state index contributed by atoms with van der Waals surface area (Å²) in [6.45, 7) is 2.02. The highest BCUT2D eigenvalue weighted by molar-refractivity contribution is 7.80. The van der Waals surface area contributed by atoms with Crippen molar-refractivity contribution in [3.63, 3.8) is 0 Å². The number of rotatable bonds is 1. The molecule has 3 N–H and O–H groups in total. The van der Waals surface area contributed by atoms with E-state index >= 15 is 0 Å². The number of hydrogen-bond acceptors (Lipinski definition) is 4. The van der Waals surface area contributed by atoms with E-state index in [1.807, 2.05) is 31.2 Å². The zero-order chi connectivity index (χ0) is 11.2. The van der Waals surface area contributed by atoms with Gasteiger partial charge in [0.05, 0.1) is 7.11 Å². The van der Waals surface area contributed by atoms with E-state index < -0.39 is 10.4 Å². The molecule has 14 heavy (non-hydrogen) atoms. The predicted octanol–water partition coefficient (Wildman–Crippen LogP) is 1.01. The van der Waals surface area contributed by atoms with Gasteiger partial charge in [-0.3, -0.25) is 8.74 Å². The summed E-state index contributed by atoms with van der Waals surface area (Å²) in [6, 6.07) is 7.80. The maximum Gasteiger partial charge on any atom is 0.397 e. The second kappa shape index (κ2) is 5.58. The third-order valence-electron chi connectivity index (χ3n) is 1.25. The zero-order valence-electron chi connectivity index (χ0n) is 7.97. The molecule has 1 aromatic rings.